The molecule has 0 fully saturated rings. The van der Waals surface area contributed by atoms with Gasteiger partial charge in [0.1, 0.15) is 0 Å². The van der Waals surface area contributed by atoms with Crippen LogP contribution in [0.2, 0.25) is 26.2 Å². The molecule has 0 aromatic carbocycles. The molecule has 0 spiro atoms. The van der Waals surface area contributed by atoms with Crippen LogP contribution >= 0.6 is 0 Å². The fourth-order valence-corrected chi connectivity index (χ4v) is 8.96. The zero-order valence-corrected chi connectivity index (χ0v) is 24.3. The summed E-state index contributed by atoms with van der Waals surface area (Å²) in [6.45, 7) is 33.2. The molecule has 0 radical (unpaired) electrons. The Morgan fingerprint density at radius 2 is 1.03 bits per heavy atom. The Morgan fingerprint density at radius 1 is 0.690 bits per heavy atom. The number of hydrogen-bond acceptors (Lipinski definition) is 4. The summed E-state index contributed by atoms with van der Waals surface area (Å²) in [5.41, 5.74) is 0.171. The molecule has 0 atom stereocenters. The summed E-state index contributed by atoms with van der Waals surface area (Å²) in [7, 11) is -3.95. The lowest BCUT2D eigenvalue weighted by atomic mass is 9.74. The minimum Gasteiger partial charge on any atom is -0.403 e. The summed E-state index contributed by atoms with van der Waals surface area (Å²) in [6, 6.07) is 0. The molecule has 0 unspecified atom stereocenters. The van der Waals surface area contributed by atoms with E-state index in [-0.39, 0.29) is 16.5 Å². The van der Waals surface area contributed by atoms with E-state index >= 15 is 0 Å². The lowest BCUT2D eigenvalue weighted by molar-refractivity contribution is 0.0145. The van der Waals surface area contributed by atoms with Gasteiger partial charge in [0.05, 0.1) is 0 Å². The van der Waals surface area contributed by atoms with E-state index in [9.17, 15) is 0 Å². The van der Waals surface area contributed by atoms with E-state index in [0.29, 0.717) is 11.8 Å². The molecule has 0 aliphatic heterocycles. The normalized spacial score (nSPS) is 14.9. The van der Waals surface area contributed by atoms with E-state index in [2.05, 4.69) is 105 Å². The summed E-state index contributed by atoms with van der Waals surface area (Å²) in [4.78, 5) is 7.49. The lowest BCUT2D eigenvalue weighted by Gasteiger charge is -2.44. The first-order valence-corrected chi connectivity index (χ1v) is 17.4. The van der Waals surface area contributed by atoms with Crippen molar-refractivity contribution in [3.63, 3.8) is 0 Å². The predicted octanol–water partition coefficient (Wildman–Crippen LogP) is 6.28. The van der Waals surface area contributed by atoms with Gasteiger partial charge in [-0.15, -0.1) is 0 Å². The van der Waals surface area contributed by atoms with Gasteiger partial charge in [0, 0.05) is 29.7 Å². The Bertz CT molecular complexity index is 446. The van der Waals surface area contributed by atoms with Crippen LogP contribution in [-0.2, 0) is 8.85 Å². The van der Waals surface area contributed by atoms with Gasteiger partial charge in [-0.05, 0) is 86.0 Å². The van der Waals surface area contributed by atoms with Crippen molar-refractivity contribution in [1.29, 1.82) is 0 Å². The Morgan fingerprint density at radius 3 is 1.28 bits per heavy atom. The third-order valence-electron chi connectivity index (χ3n) is 5.24. The van der Waals surface area contributed by atoms with Gasteiger partial charge in [0.25, 0.3) is 17.0 Å². The molecule has 0 bridgehead atoms. The summed E-state index contributed by atoms with van der Waals surface area (Å²) in [5.74, 6) is 1.18. The van der Waals surface area contributed by atoms with Crippen molar-refractivity contribution in [2.75, 3.05) is 13.2 Å². The third-order valence-corrected chi connectivity index (χ3v) is 9.67. The van der Waals surface area contributed by atoms with Gasteiger partial charge < -0.3 is 18.8 Å². The van der Waals surface area contributed by atoms with Crippen molar-refractivity contribution in [2.45, 2.75) is 119 Å². The SMILES string of the molecule is CC(C)CCC(CO[Si](C)(C)NC(C)(C)C)(CO[Si](C)(C)NC(C)(C)C)C(C)C. The maximum Gasteiger partial charge on any atom is 0.262 e. The number of nitrogens with one attached hydrogen (secondary N) is 2. The van der Waals surface area contributed by atoms with Crippen LogP contribution in [-0.4, -0.2) is 41.2 Å². The van der Waals surface area contributed by atoms with Crippen molar-refractivity contribution in [2.24, 2.45) is 17.3 Å². The van der Waals surface area contributed by atoms with Crippen LogP contribution in [0.15, 0.2) is 0 Å². The molecule has 0 saturated heterocycles. The van der Waals surface area contributed by atoms with Gasteiger partial charge in [0.15, 0.2) is 0 Å². The van der Waals surface area contributed by atoms with Crippen LogP contribution in [0.3, 0.4) is 0 Å². The van der Waals surface area contributed by atoms with Gasteiger partial charge in [-0.25, -0.2) is 0 Å². The van der Waals surface area contributed by atoms with Crippen LogP contribution in [0.4, 0.5) is 0 Å². The number of hydrogen-bond donors (Lipinski definition) is 2. The molecule has 0 saturated carbocycles. The second-order valence-corrected chi connectivity index (χ2v) is 19.9. The third kappa shape index (κ3) is 13.3. The fourth-order valence-electron chi connectivity index (χ4n) is 3.91. The van der Waals surface area contributed by atoms with Crippen LogP contribution < -0.4 is 9.96 Å². The first-order valence-electron chi connectivity index (χ1n) is 11.6. The molecule has 0 aliphatic carbocycles. The molecule has 0 amide bonds. The molecule has 29 heavy (non-hydrogen) atoms. The van der Waals surface area contributed by atoms with E-state index in [0.717, 1.165) is 19.6 Å². The minimum atomic E-state index is -1.97. The highest BCUT2D eigenvalue weighted by Gasteiger charge is 2.40. The Balaban J connectivity index is 5.48. The maximum absolute atomic E-state index is 6.67. The van der Waals surface area contributed by atoms with E-state index < -0.39 is 17.0 Å². The van der Waals surface area contributed by atoms with E-state index in [1.165, 1.54) is 6.42 Å². The van der Waals surface area contributed by atoms with Crippen LogP contribution in [0, 0.1) is 17.3 Å². The van der Waals surface area contributed by atoms with Crippen LogP contribution in [0.1, 0.15) is 82.1 Å². The Hall–Kier alpha value is 0.274. The zero-order chi connectivity index (χ0) is 23.3. The lowest BCUT2D eigenvalue weighted by Crippen LogP contribution is -2.59. The van der Waals surface area contributed by atoms with Crippen molar-refractivity contribution in [1.82, 2.24) is 9.96 Å². The zero-order valence-electron chi connectivity index (χ0n) is 22.3. The van der Waals surface area contributed by atoms with Gasteiger partial charge in [-0.1, -0.05) is 34.1 Å². The number of rotatable bonds is 12. The summed E-state index contributed by atoms with van der Waals surface area (Å²) in [5, 5.41) is 0. The molecule has 0 rings (SSSR count). The predicted molar refractivity (Wildman–Crippen MR) is 134 cm³/mol. The standard InChI is InChI=1S/C23H54N2O2Si2/c1-19(2)15-16-23(20(3)4,17-26-28(11,12)24-21(5,6)7)18-27-29(13,14)25-22(8,9)10/h19-20,24-25H,15-18H2,1-14H3. The molecule has 176 valence electrons. The second kappa shape index (κ2) is 10.7. The molecular weight excluding hydrogens is 392 g/mol. The molecule has 0 aromatic heterocycles. The monoisotopic (exact) mass is 446 g/mol. The molecule has 0 aliphatic rings. The Labute approximate surface area is 185 Å². The average Bonchev–Trinajstić information content (AvgIpc) is 2.41. The van der Waals surface area contributed by atoms with Gasteiger partial charge in [-0.2, -0.15) is 0 Å². The molecule has 6 heteroatoms. The minimum absolute atomic E-state index is 0.0396. The average molecular weight is 447 g/mol. The smallest absolute Gasteiger partial charge is 0.262 e. The van der Waals surface area contributed by atoms with Crippen molar-refractivity contribution >= 4 is 17.0 Å². The van der Waals surface area contributed by atoms with Crippen molar-refractivity contribution in [3.05, 3.63) is 0 Å². The highest BCUT2D eigenvalue weighted by Crippen LogP contribution is 2.37. The summed E-state index contributed by atoms with van der Waals surface area (Å²) >= 11 is 0. The topological polar surface area (TPSA) is 42.5 Å². The summed E-state index contributed by atoms with van der Waals surface area (Å²) in [6.07, 6.45) is 2.34. The van der Waals surface area contributed by atoms with Gasteiger partial charge in [0.2, 0.25) is 0 Å². The van der Waals surface area contributed by atoms with Gasteiger partial charge >= 0.3 is 0 Å². The maximum atomic E-state index is 6.67. The van der Waals surface area contributed by atoms with Crippen LogP contribution in [0.5, 0.6) is 0 Å². The van der Waals surface area contributed by atoms with E-state index in [1.807, 2.05) is 0 Å². The molecule has 2 N–H and O–H groups in total. The quantitative estimate of drug-likeness (QED) is 0.346. The molecule has 4 nitrogen and oxygen atoms in total. The van der Waals surface area contributed by atoms with E-state index in [4.69, 9.17) is 8.85 Å². The second-order valence-electron chi connectivity index (χ2n) is 12.8. The largest absolute Gasteiger partial charge is 0.403 e. The highest BCUT2D eigenvalue weighted by molar-refractivity contribution is 6.69. The Kier molecular flexibility index (Phi) is 10.8. The van der Waals surface area contributed by atoms with Gasteiger partial charge in [-0.3, -0.25) is 0 Å². The summed E-state index contributed by atoms with van der Waals surface area (Å²) < 4.78 is 13.3. The van der Waals surface area contributed by atoms with Crippen molar-refractivity contribution < 1.29 is 8.85 Å². The molecular formula is C23H54N2O2Si2. The van der Waals surface area contributed by atoms with E-state index in [1.54, 1.807) is 0 Å². The highest BCUT2D eigenvalue weighted by atomic mass is 28.4. The molecule has 0 aromatic rings. The van der Waals surface area contributed by atoms with Crippen molar-refractivity contribution in [3.8, 4) is 0 Å². The fraction of sp³-hybridized carbons (Fsp3) is 1.00. The first kappa shape index (κ1) is 29.3. The molecule has 0 heterocycles. The van der Waals surface area contributed by atoms with Crippen LogP contribution in [0.25, 0.3) is 0 Å². The first-order chi connectivity index (χ1) is 12.7.